The minimum atomic E-state index is -1.20. The number of rotatable bonds is 7. The van der Waals surface area contributed by atoms with Crippen LogP contribution < -0.4 is 5.73 Å². The number of nitrogens with zero attached hydrogens (tertiary/aromatic N) is 1. The molecule has 0 bridgehead atoms. The van der Waals surface area contributed by atoms with Crippen LogP contribution in [0.15, 0.2) is 89.4 Å². The molecule has 0 saturated heterocycles. The van der Waals surface area contributed by atoms with Crippen LogP contribution in [0.2, 0.25) is 0 Å². The van der Waals surface area contributed by atoms with Gasteiger partial charge in [-0.25, -0.2) is 0 Å². The standard InChI is InChI=1S/C23H23FN2O3/c1-15(18-8-3-4-9-22(18)27)6-5-7-17-10-12-19(21(26)13-11-17)23(28)20(14-25)16(2)29-24/h3-6,8-9,11-13,16,27-28H,1,7,10,26H2,2H3/b6-5-,23-20+. The van der Waals surface area contributed by atoms with Gasteiger partial charge in [-0.3, -0.25) is 0 Å². The second kappa shape index (κ2) is 10.1. The number of allylic oxidation sites excluding steroid dienone is 7. The third-order valence-electron chi connectivity index (χ3n) is 4.50. The van der Waals surface area contributed by atoms with Crippen molar-refractivity contribution in [3.63, 3.8) is 0 Å². The number of phenolic OH excluding ortho intramolecular Hbond substituents is 1. The van der Waals surface area contributed by atoms with Gasteiger partial charge in [0.25, 0.3) is 0 Å². The summed E-state index contributed by atoms with van der Waals surface area (Å²) in [5.41, 5.74) is 8.63. The van der Waals surface area contributed by atoms with Crippen molar-refractivity contribution in [2.24, 2.45) is 5.73 Å². The smallest absolute Gasteiger partial charge is 0.141 e. The molecule has 1 atom stereocenters. The third-order valence-corrected chi connectivity index (χ3v) is 4.50. The number of nitriles is 1. The molecule has 1 aromatic rings. The molecular weight excluding hydrogens is 371 g/mol. The molecule has 29 heavy (non-hydrogen) atoms. The number of aliphatic hydroxyl groups is 1. The highest BCUT2D eigenvalue weighted by atomic mass is 19.3. The van der Waals surface area contributed by atoms with Gasteiger partial charge in [0.2, 0.25) is 0 Å². The Labute approximate surface area is 169 Å². The molecular formula is C23H23FN2O3. The van der Waals surface area contributed by atoms with Crippen molar-refractivity contribution in [2.45, 2.75) is 25.9 Å². The largest absolute Gasteiger partial charge is 0.507 e. The highest BCUT2D eigenvalue weighted by Gasteiger charge is 2.20. The molecule has 4 N–H and O–H groups in total. The normalized spacial score (nSPS) is 16.1. The Morgan fingerprint density at radius 1 is 1.41 bits per heavy atom. The molecule has 1 aromatic carbocycles. The summed E-state index contributed by atoms with van der Waals surface area (Å²) in [5, 5.41) is 29.4. The Hall–Kier alpha value is -3.56. The lowest BCUT2D eigenvalue weighted by Gasteiger charge is -2.11. The molecule has 6 heteroatoms. The van der Waals surface area contributed by atoms with Gasteiger partial charge in [-0.05, 0) is 42.0 Å². The van der Waals surface area contributed by atoms with Gasteiger partial charge in [0.05, 0.1) is 0 Å². The molecule has 0 saturated carbocycles. The van der Waals surface area contributed by atoms with Crippen molar-refractivity contribution >= 4 is 5.57 Å². The second-order valence-electron chi connectivity index (χ2n) is 6.52. The van der Waals surface area contributed by atoms with Gasteiger partial charge < -0.3 is 15.9 Å². The predicted molar refractivity (Wildman–Crippen MR) is 111 cm³/mol. The summed E-state index contributed by atoms with van der Waals surface area (Å²) in [6.07, 6.45) is 8.77. The summed E-state index contributed by atoms with van der Waals surface area (Å²) in [4.78, 5) is 3.65. The zero-order valence-corrected chi connectivity index (χ0v) is 16.1. The Bertz CT molecular complexity index is 978. The third kappa shape index (κ3) is 5.47. The lowest BCUT2D eigenvalue weighted by molar-refractivity contribution is -0.158. The monoisotopic (exact) mass is 394 g/mol. The average molecular weight is 394 g/mol. The molecule has 1 aliphatic rings. The number of aliphatic hydroxyl groups excluding tert-OH is 1. The number of hydrogen-bond acceptors (Lipinski definition) is 5. The van der Waals surface area contributed by atoms with Crippen LogP contribution in [0.5, 0.6) is 5.75 Å². The van der Waals surface area contributed by atoms with Crippen LogP contribution in [0.4, 0.5) is 4.53 Å². The fraction of sp³-hybridized carbons (Fsp3) is 0.174. The second-order valence-corrected chi connectivity index (χ2v) is 6.52. The van der Waals surface area contributed by atoms with E-state index < -0.39 is 11.9 Å². The summed E-state index contributed by atoms with van der Waals surface area (Å²) >= 11 is 0. The van der Waals surface area contributed by atoms with E-state index in [4.69, 9.17) is 11.0 Å². The van der Waals surface area contributed by atoms with Crippen molar-refractivity contribution in [1.82, 2.24) is 0 Å². The van der Waals surface area contributed by atoms with Crippen LogP contribution >= 0.6 is 0 Å². The summed E-state index contributed by atoms with van der Waals surface area (Å²) in [5.74, 6) is -0.231. The Morgan fingerprint density at radius 2 is 2.14 bits per heavy atom. The summed E-state index contributed by atoms with van der Waals surface area (Å²) in [6, 6.07) is 8.71. The minimum absolute atomic E-state index is 0.168. The van der Waals surface area contributed by atoms with Crippen molar-refractivity contribution < 1.29 is 19.7 Å². The first-order chi connectivity index (χ1) is 13.9. The molecule has 0 aromatic heterocycles. The van der Waals surface area contributed by atoms with Crippen LogP contribution in [-0.2, 0) is 4.94 Å². The van der Waals surface area contributed by atoms with Crippen LogP contribution in [-0.4, -0.2) is 16.3 Å². The SMILES string of the molecule is C=C(/C=C\CC1=CC=C(N)C(/C(O)=C(/C#N)C(C)OF)=CC1)c1ccccc1O. The van der Waals surface area contributed by atoms with E-state index in [2.05, 4.69) is 11.5 Å². The number of hydrogen-bond donors (Lipinski definition) is 3. The van der Waals surface area contributed by atoms with E-state index in [0.29, 0.717) is 24.0 Å². The van der Waals surface area contributed by atoms with E-state index >= 15 is 0 Å². The zero-order valence-electron chi connectivity index (χ0n) is 16.1. The molecule has 0 radical (unpaired) electrons. The van der Waals surface area contributed by atoms with Gasteiger partial charge in [-0.15, -0.1) is 0 Å². The van der Waals surface area contributed by atoms with Crippen LogP contribution in [0.3, 0.4) is 0 Å². The topological polar surface area (TPSA) is 99.5 Å². The summed E-state index contributed by atoms with van der Waals surface area (Å²) in [7, 11) is 0. The number of nitrogens with two attached hydrogens (primary N) is 1. The Kier molecular flexibility index (Phi) is 7.58. The zero-order chi connectivity index (χ0) is 21.4. The molecule has 5 nitrogen and oxygen atoms in total. The lowest BCUT2D eigenvalue weighted by Crippen LogP contribution is -2.12. The van der Waals surface area contributed by atoms with Crippen molar-refractivity contribution in [2.75, 3.05) is 0 Å². The van der Waals surface area contributed by atoms with Gasteiger partial charge >= 0.3 is 0 Å². The van der Waals surface area contributed by atoms with Gasteiger partial charge in [0.1, 0.15) is 29.3 Å². The number of benzene rings is 1. The first-order valence-electron chi connectivity index (χ1n) is 8.99. The van der Waals surface area contributed by atoms with E-state index in [1.165, 1.54) is 6.92 Å². The summed E-state index contributed by atoms with van der Waals surface area (Å²) in [6.45, 7) is 5.28. The van der Waals surface area contributed by atoms with E-state index in [9.17, 15) is 14.7 Å². The van der Waals surface area contributed by atoms with Crippen LogP contribution in [0.1, 0.15) is 25.3 Å². The molecule has 1 aliphatic carbocycles. The minimum Gasteiger partial charge on any atom is -0.507 e. The van der Waals surface area contributed by atoms with Gasteiger partial charge in [0, 0.05) is 16.8 Å². The fourth-order valence-corrected chi connectivity index (χ4v) is 2.81. The number of halogens is 1. The molecule has 1 unspecified atom stereocenters. The molecule has 0 aliphatic heterocycles. The molecule has 0 fully saturated rings. The van der Waals surface area contributed by atoms with Crippen LogP contribution in [0.25, 0.3) is 5.57 Å². The summed E-state index contributed by atoms with van der Waals surface area (Å²) < 4.78 is 12.4. The maximum Gasteiger partial charge on any atom is 0.141 e. The number of phenols is 1. The Balaban J connectivity index is 2.14. The predicted octanol–water partition coefficient (Wildman–Crippen LogP) is 5.08. The molecule has 0 heterocycles. The van der Waals surface area contributed by atoms with E-state index in [1.807, 2.05) is 24.3 Å². The molecule has 0 spiro atoms. The fourth-order valence-electron chi connectivity index (χ4n) is 2.81. The Morgan fingerprint density at radius 3 is 2.79 bits per heavy atom. The molecule has 0 amide bonds. The highest BCUT2D eigenvalue weighted by Crippen LogP contribution is 2.27. The lowest BCUT2D eigenvalue weighted by atomic mass is 10.0. The van der Waals surface area contributed by atoms with E-state index in [0.717, 1.165) is 5.57 Å². The molecule has 150 valence electrons. The number of aromatic hydroxyl groups is 1. The maximum absolute atomic E-state index is 12.4. The van der Waals surface area contributed by atoms with Crippen molar-refractivity contribution in [3.8, 4) is 11.8 Å². The average Bonchev–Trinajstić information content (AvgIpc) is 2.90. The van der Waals surface area contributed by atoms with Crippen molar-refractivity contribution in [1.29, 1.82) is 5.26 Å². The van der Waals surface area contributed by atoms with Gasteiger partial charge in [-0.1, -0.05) is 54.7 Å². The van der Waals surface area contributed by atoms with Gasteiger partial charge in [0.15, 0.2) is 0 Å². The highest BCUT2D eigenvalue weighted by molar-refractivity contribution is 5.75. The maximum atomic E-state index is 12.4. The molecule has 2 rings (SSSR count). The number of para-hydroxylation sites is 1. The first-order valence-corrected chi connectivity index (χ1v) is 8.99. The van der Waals surface area contributed by atoms with E-state index in [-0.39, 0.29) is 22.6 Å². The van der Waals surface area contributed by atoms with E-state index in [1.54, 1.807) is 36.4 Å². The quantitative estimate of drug-likeness (QED) is 0.340. The first kappa shape index (κ1) is 21.7. The van der Waals surface area contributed by atoms with Crippen LogP contribution in [0, 0.1) is 11.3 Å². The van der Waals surface area contributed by atoms with Crippen molar-refractivity contribution in [3.05, 3.63) is 95.0 Å². The van der Waals surface area contributed by atoms with Gasteiger partial charge in [-0.2, -0.15) is 10.2 Å².